The molecule has 2 N–H and O–H groups in total. The summed E-state index contributed by atoms with van der Waals surface area (Å²) in [6.45, 7) is 0.307. The van der Waals surface area contributed by atoms with Crippen molar-refractivity contribution in [3.63, 3.8) is 0 Å². The van der Waals surface area contributed by atoms with Crippen molar-refractivity contribution in [1.82, 2.24) is 10.3 Å². The largest absolute Gasteiger partial charge is 0.352 e. The summed E-state index contributed by atoms with van der Waals surface area (Å²) in [4.78, 5) is 28.1. The molecule has 1 aromatic heterocycles. The minimum Gasteiger partial charge on any atom is -0.352 e. The molecule has 2 amide bonds. The number of aromatic nitrogens is 1. The number of amides is 2. The van der Waals surface area contributed by atoms with Crippen LogP contribution in [-0.2, 0) is 26.0 Å². The van der Waals surface area contributed by atoms with Crippen molar-refractivity contribution >= 4 is 39.1 Å². The third kappa shape index (κ3) is 4.61. The summed E-state index contributed by atoms with van der Waals surface area (Å²) in [5, 5.41) is 5.38. The Kier molecular flexibility index (Phi) is 5.58. The molecular weight excluding hydrogens is 374 g/mol. The van der Waals surface area contributed by atoms with Crippen LogP contribution in [-0.4, -0.2) is 36.7 Å². The van der Waals surface area contributed by atoms with E-state index >= 15 is 0 Å². The van der Waals surface area contributed by atoms with E-state index in [1.807, 2.05) is 6.07 Å². The Hall–Kier alpha value is -2.39. The summed E-state index contributed by atoms with van der Waals surface area (Å²) in [5.41, 5.74) is 1.46. The maximum Gasteiger partial charge on any atom is 0.234 e. The van der Waals surface area contributed by atoms with Crippen molar-refractivity contribution < 1.29 is 18.0 Å². The van der Waals surface area contributed by atoms with Crippen LogP contribution in [0.15, 0.2) is 52.5 Å². The van der Waals surface area contributed by atoms with E-state index in [9.17, 15) is 18.0 Å². The Balaban J connectivity index is 1.58. The first-order valence-corrected chi connectivity index (χ1v) is 10.5. The van der Waals surface area contributed by atoms with Crippen LogP contribution in [0.2, 0.25) is 0 Å². The maximum atomic E-state index is 12.5. The summed E-state index contributed by atoms with van der Waals surface area (Å²) in [6, 6.07) is 8.17. The molecule has 0 saturated carbocycles. The number of carbonyl (C=O) groups is 2. The van der Waals surface area contributed by atoms with Gasteiger partial charge in [0.05, 0.1) is 22.1 Å². The highest BCUT2D eigenvalue weighted by Gasteiger charge is 2.21. The second-order valence-corrected chi connectivity index (χ2v) is 8.83. The standard InChI is InChI=1S/C17H17N3O4S2/c21-16(19-10-12-2-1-6-18-9-12)5-7-26(23,24)13-3-4-14-15(8-13)25-11-17(22)20-14/h1-4,6,8-9H,5,7,10-11H2,(H,19,21)(H,20,22). The molecular formula is C17H17N3O4S2. The Morgan fingerprint density at radius 1 is 1.31 bits per heavy atom. The normalized spacial score (nSPS) is 13.6. The van der Waals surface area contributed by atoms with Gasteiger partial charge in [-0.1, -0.05) is 6.07 Å². The van der Waals surface area contributed by atoms with Gasteiger partial charge in [0.15, 0.2) is 9.84 Å². The van der Waals surface area contributed by atoms with Crippen molar-refractivity contribution in [3.8, 4) is 0 Å². The zero-order chi connectivity index (χ0) is 18.6. The average Bonchev–Trinajstić information content (AvgIpc) is 2.65. The number of benzene rings is 1. The molecule has 0 aliphatic carbocycles. The van der Waals surface area contributed by atoms with Crippen molar-refractivity contribution in [2.24, 2.45) is 0 Å². The van der Waals surface area contributed by atoms with Gasteiger partial charge in [-0.2, -0.15) is 0 Å². The summed E-state index contributed by atoms with van der Waals surface area (Å²) in [7, 11) is -3.58. The number of thioether (sulfide) groups is 1. The molecule has 2 heterocycles. The molecule has 0 saturated heterocycles. The Morgan fingerprint density at radius 3 is 2.92 bits per heavy atom. The number of rotatable bonds is 6. The Morgan fingerprint density at radius 2 is 2.15 bits per heavy atom. The van der Waals surface area contributed by atoms with Gasteiger partial charge >= 0.3 is 0 Å². The molecule has 2 aromatic rings. The summed E-state index contributed by atoms with van der Waals surface area (Å²) >= 11 is 1.30. The minimum absolute atomic E-state index is 0.108. The second-order valence-electron chi connectivity index (χ2n) is 5.70. The van der Waals surface area contributed by atoms with Crippen LogP contribution >= 0.6 is 11.8 Å². The highest BCUT2D eigenvalue weighted by Crippen LogP contribution is 2.33. The van der Waals surface area contributed by atoms with Gasteiger partial charge < -0.3 is 10.6 Å². The van der Waals surface area contributed by atoms with E-state index in [0.717, 1.165) is 5.56 Å². The molecule has 1 aliphatic heterocycles. The monoisotopic (exact) mass is 391 g/mol. The molecule has 1 aliphatic rings. The van der Waals surface area contributed by atoms with Gasteiger partial charge in [-0.15, -0.1) is 11.8 Å². The van der Waals surface area contributed by atoms with Crippen molar-refractivity contribution in [2.75, 3.05) is 16.8 Å². The molecule has 26 heavy (non-hydrogen) atoms. The number of anilines is 1. The van der Waals surface area contributed by atoms with E-state index < -0.39 is 9.84 Å². The first kappa shape index (κ1) is 18.4. The van der Waals surface area contributed by atoms with E-state index in [4.69, 9.17) is 0 Å². The van der Waals surface area contributed by atoms with Crippen LogP contribution in [0.3, 0.4) is 0 Å². The fourth-order valence-corrected chi connectivity index (χ4v) is 4.57. The smallest absolute Gasteiger partial charge is 0.234 e. The number of pyridine rings is 1. The van der Waals surface area contributed by atoms with E-state index in [2.05, 4.69) is 15.6 Å². The van der Waals surface area contributed by atoms with E-state index in [0.29, 0.717) is 17.1 Å². The molecule has 0 fully saturated rings. The SMILES string of the molecule is O=C(CCS(=O)(=O)c1ccc2c(c1)SCC(=O)N2)NCc1cccnc1. The lowest BCUT2D eigenvalue weighted by Crippen LogP contribution is -2.25. The molecule has 136 valence electrons. The molecule has 0 atom stereocenters. The third-order valence-electron chi connectivity index (χ3n) is 3.76. The van der Waals surface area contributed by atoms with Gasteiger partial charge in [0.1, 0.15) is 0 Å². The molecule has 0 bridgehead atoms. The van der Waals surface area contributed by atoms with Gasteiger partial charge in [-0.05, 0) is 29.8 Å². The van der Waals surface area contributed by atoms with Gasteiger partial charge in [-0.3, -0.25) is 14.6 Å². The first-order valence-electron chi connectivity index (χ1n) is 7.89. The fraction of sp³-hybridized carbons (Fsp3) is 0.235. The minimum atomic E-state index is -3.58. The van der Waals surface area contributed by atoms with E-state index in [1.54, 1.807) is 30.6 Å². The number of hydrogen-bond donors (Lipinski definition) is 2. The van der Waals surface area contributed by atoms with Crippen LogP contribution < -0.4 is 10.6 Å². The fourth-order valence-electron chi connectivity index (χ4n) is 2.39. The molecule has 3 rings (SSSR count). The lowest BCUT2D eigenvalue weighted by Gasteiger charge is -2.17. The molecule has 0 radical (unpaired) electrons. The van der Waals surface area contributed by atoms with Crippen molar-refractivity contribution in [3.05, 3.63) is 48.3 Å². The zero-order valence-electron chi connectivity index (χ0n) is 13.8. The quantitative estimate of drug-likeness (QED) is 0.775. The average molecular weight is 391 g/mol. The summed E-state index contributed by atoms with van der Waals surface area (Å²) in [6.07, 6.45) is 3.16. The number of carbonyl (C=O) groups excluding carboxylic acids is 2. The second kappa shape index (κ2) is 7.88. The zero-order valence-corrected chi connectivity index (χ0v) is 15.4. The predicted molar refractivity (Wildman–Crippen MR) is 98.5 cm³/mol. The highest BCUT2D eigenvalue weighted by atomic mass is 32.2. The van der Waals surface area contributed by atoms with Crippen LogP contribution in [0, 0.1) is 0 Å². The number of sulfone groups is 1. The van der Waals surface area contributed by atoms with Crippen LogP contribution in [0.1, 0.15) is 12.0 Å². The molecule has 0 unspecified atom stereocenters. The highest BCUT2D eigenvalue weighted by molar-refractivity contribution is 8.00. The Bertz CT molecular complexity index is 930. The third-order valence-corrected chi connectivity index (χ3v) is 6.52. The predicted octanol–water partition coefficient (Wildman–Crippen LogP) is 1.61. The molecule has 9 heteroatoms. The number of fused-ring (bicyclic) bond motifs is 1. The molecule has 0 spiro atoms. The molecule has 7 nitrogen and oxygen atoms in total. The summed E-state index contributed by atoms with van der Waals surface area (Å²) < 4.78 is 24.9. The van der Waals surface area contributed by atoms with Crippen LogP contribution in [0.5, 0.6) is 0 Å². The van der Waals surface area contributed by atoms with Crippen LogP contribution in [0.4, 0.5) is 5.69 Å². The number of nitrogens with zero attached hydrogens (tertiary/aromatic N) is 1. The number of nitrogens with one attached hydrogen (secondary N) is 2. The summed E-state index contributed by atoms with van der Waals surface area (Å²) in [5.74, 6) is -0.463. The van der Waals surface area contributed by atoms with Crippen LogP contribution in [0.25, 0.3) is 0 Å². The van der Waals surface area contributed by atoms with E-state index in [1.165, 1.54) is 17.8 Å². The van der Waals surface area contributed by atoms with Gasteiger partial charge in [-0.25, -0.2) is 8.42 Å². The van der Waals surface area contributed by atoms with Gasteiger partial charge in [0, 0.05) is 30.3 Å². The lowest BCUT2D eigenvalue weighted by molar-refractivity contribution is -0.120. The van der Waals surface area contributed by atoms with Gasteiger partial charge in [0.2, 0.25) is 11.8 Å². The topological polar surface area (TPSA) is 105 Å². The molecule has 1 aromatic carbocycles. The maximum absolute atomic E-state index is 12.5. The lowest BCUT2D eigenvalue weighted by atomic mass is 10.3. The van der Waals surface area contributed by atoms with Gasteiger partial charge in [0.25, 0.3) is 0 Å². The first-order chi connectivity index (χ1) is 12.4. The van der Waals surface area contributed by atoms with E-state index in [-0.39, 0.29) is 34.6 Å². The number of hydrogen-bond acceptors (Lipinski definition) is 6. The van der Waals surface area contributed by atoms with Crippen molar-refractivity contribution in [2.45, 2.75) is 22.8 Å². The van der Waals surface area contributed by atoms with Crippen molar-refractivity contribution in [1.29, 1.82) is 0 Å². The Labute approximate surface area is 155 Å².